The number of amides is 1. The maximum atomic E-state index is 13.9. The topological polar surface area (TPSA) is 81.8 Å². The van der Waals surface area contributed by atoms with Crippen LogP contribution >= 0.6 is 12.2 Å². The van der Waals surface area contributed by atoms with Crippen LogP contribution in [0.4, 0.5) is 10.1 Å². The van der Waals surface area contributed by atoms with Gasteiger partial charge in [-0.1, -0.05) is 72.8 Å². The van der Waals surface area contributed by atoms with Crippen molar-refractivity contribution in [2.75, 3.05) is 31.5 Å². The molecule has 10 heteroatoms. The lowest BCUT2D eigenvalue weighted by Gasteiger charge is -2.39. The van der Waals surface area contributed by atoms with Crippen LogP contribution in [0.1, 0.15) is 27.5 Å². The van der Waals surface area contributed by atoms with Crippen molar-refractivity contribution in [3.63, 3.8) is 0 Å². The van der Waals surface area contributed by atoms with Crippen LogP contribution in [-0.4, -0.2) is 54.8 Å². The molecular formula is C31H29FN4O3S2. The molecule has 2 N–H and O–H groups in total. The first kappa shape index (κ1) is 28.6. The van der Waals surface area contributed by atoms with Crippen LogP contribution in [0.15, 0.2) is 114 Å². The number of benzene rings is 4. The number of nitrogens with one attached hydrogen (secondary N) is 2. The second-order valence-corrected chi connectivity index (χ2v) is 11.9. The molecule has 0 spiro atoms. The van der Waals surface area contributed by atoms with Crippen molar-refractivity contribution >= 4 is 38.9 Å². The number of hydrogen-bond acceptors (Lipinski definition) is 5. The fourth-order valence-electron chi connectivity index (χ4n) is 4.92. The minimum Gasteiger partial charge on any atom is -0.332 e. The zero-order chi connectivity index (χ0) is 28.8. The first-order valence-corrected chi connectivity index (χ1v) is 15.0. The molecule has 4 aromatic carbocycles. The number of thiocarbonyl (C=S) groups is 1. The normalized spacial score (nSPS) is 14.5. The zero-order valence-electron chi connectivity index (χ0n) is 22.1. The van der Waals surface area contributed by atoms with E-state index in [-0.39, 0.29) is 21.6 Å². The van der Waals surface area contributed by atoms with Gasteiger partial charge < -0.3 is 5.32 Å². The number of sulfonamides is 1. The maximum absolute atomic E-state index is 13.9. The van der Waals surface area contributed by atoms with E-state index in [0.717, 1.165) is 0 Å². The summed E-state index contributed by atoms with van der Waals surface area (Å²) < 4.78 is 42.2. The lowest BCUT2D eigenvalue weighted by molar-refractivity contribution is 0.0974. The van der Waals surface area contributed by atoms with Crippen molar-refractivity contribution in [3.05, 3.63) is 132 Å². The zero-order valence-corrected chi connectivity index (χ0v) is 23.7. The molecule has 5 rings (SSSR count). The van der Waals surface area contributed by atoms with E-state index < -0.39 is 21.7 Å². The van der Waals surface area contributed by atoms with E-state index in [1.54, 1.807) is 18.2 Å². The third kappa shape index (κ3) is 6.68. The van der Waals surface area contributed by atoms with Crippen LogP contribution in [0.25, 0.3) is 0 Å². The number of rotatable bonds is 7. The molecule has 7 nitrogen and oxygen atoms in total. The molecule has 0 unspecified atom stereocenters. The third-order valence-corrected chi connectivity index (χ3v) is 9.08. The van der Waals surface area contributed by atoms with Crippen molar-refractivity contribution in [3.8, 4) is 0 Å². The Morgan fingerprint density at radius 1 is 0.756 bits per heavy atom. The Morgan fingerprint density at radius 3 is 1.85 bits per heavy atom. The Kier molecular flexibility index (Phi) is 8.84. The molecule has 0 aromatic heterocycles. The molecule has 1 saturated heterocycles. The Hall–Kier alpha value is -3.96. The number of hydrogen-bond donors (Lipinski definition) is 2. The SMILES string of the molecule is O=C(NC(=S)Nc1ccc(S(=O)(=O)N2CCN(C(c3ccccc3)c3ccccc3)CC2)cc1)c1ccccc1F. The summed E-state index contributed by atoms with van der Waals surface area (Å²) in [5.74, 6) is -1.33. The highest BCUT2D eigenvalue weighted by molar-refractivity contribution is 7.89. The second-order valence-electron chi connectivity index (χ2n) is 9.58. The van der Waals surface area contributed by atoms with Crippen LogP contribution < -0.4 is 10.6 Å². The lowest BCUT2D eigenvalue weighted by Crippen LogP contribution is -2.49. The molecule has 1 fully saturated rings. The standard InChI is InChI=1S/C31H29FN4O3S2/c32-28-14-8-7-13-27(28)30(37)34-31(40)33-25-15-17-26(18-16-25)41(38,39)36-21-19-35(20-22-36)29(23-9-3-1-4-10-23)24-11-5-2-6-12-24/h1-18,29H,19-22H2,(H2,33,34,37,40). The van der Waals surface area contributed by atoms with Gasteiger partial charge in [0.15, 0.2) is 5.11 Å². The minimum atomic E-state index is -3.71. The molecule has 0 atom stereocenters. The highest BCUT2D eigenvalue weighted by Gasteiger charge is 2.32. The Morgan fingerprint density at radius 2 is 1.29 bits per heavy atom. The largest absolute Gasteiger partial charge is 0.332 e. The minimum absolute atomic E-state index is 0.0311. The Labute approximate surface area is 244 Å². The predicted molar refractivity (Wildman–Crippen MR) is 162 cm³/mol. The first-order chi connectivity index (χ1) is 19.8. The number of anilines is 1. The molecule has 0 aliphatic carbocycles. The summed E-state index contributed by atoms with van der Waals surface area (Å²) in [6.45, 7) is 1.90. The van der Waals surface area contributed by atoms with Crippen LogP contribution in [-0.2, 0) is 10.0 Å². The predicted octanol–water partition coefficient (Wildman–Crippen LogP) is 5.05. The van der Waals surface area contributed by atoms with E-state index >= 15 is 0 Å². The highest BCUT2D eigenvalue weighted by atomic mass is 32.2. The lowest BCUT2D eigenvalue weighted by atomic mass is 9.96. The van der Waals surface area contributed by atoms with Crippen molar-refractivity contribution in [2.24, 2.45) is 0 Å². The number of piperazine rings is 1. The smallest absolute Gasteiger partial charge is 0.260 e. The molecule has 1 amide bonds. The van der Waals surface area contributed by atoms with Crippen molar-refractivity contribution < 1.29 is 17.6 Å². The first-order valence-electron chi connectivity index (χ1n) is 13.1. The van der Waals surface area contributed by atoms with Gasteiger partial charge in [-0.15, -0.1) is 0 Å². The number of carbonyl (C=O) groups excluding carboxylic acids is 1. The molecule has 210 valence electrons. The molecule has 4 aromatic rings. The Balaban J connectivity index is 1.22. The summed E-state index contributed by atoms with van der Waals surface area (Å²) >= 11 is 5.17. The second kappa shape index (κ2) is 12.7. The summed E-state index contributed by atoms with van der Waals surface area (Å²) in [5, 5.41) is 5.23. The van der Waals surface area contributed by atoms with Gasteiger partial charge in [0.05, 0.1) is 16.5 Å². The number of halogens is 1. The number of carbonyl (C=O) groups is 1. The molecular weight excluding hydrogens is 559 g/mol. The number of nitrogens with zero attached hydrogens (tertiary/aromatic N) is 2. The van der Waals surface area contributed by atoms with Gasteiger partial charge in [-0.25, -0.2) is 12.8 Å². The van der Waals surface area contributed by atoms with E-state index in [4.69, 9.17) is 12.2 Å². The Bertz CT molecular complexity index is 1570. The van der Waals surface area contributed by atoms with Crippen LogP contribution in [0.2, 0.25) is 0 Å². The average Bonchev–Trinajstić information content (AvgIpc) is 2.99. The van der Waals surface area contributed by atoms with Crippen LogP contribution in [0.3, 0.4) is 0 Å². The summed E-state index contributed by atoms with van der Waals surface area (Å²) in [6.07, 6.45) is 0. The molecule has 0 radical (unpaired) electrons. The summed E-state index contributed by atoms with van der Waals surface area (Å²) in [5.41, 5.74) is 2.69. The van der Waals surface area contributed by atoms with Gasteiger partial charge in [0.1, 0.15) is 5.82 Å². The van der Waals surface area contributed by atoms with Crippen molar-refractivity contribution in [1.29, 1.82) is 0 Å². The summed E-state index contributed by atoms with van der Waals surface area (Å²) in [4.78, 5) is 14.8. The quantitative estimate of drug-likeness (QED) is 0.294. The van der Waals surface area contributed by atoms with E-state index in [0.29, 0.717) is 31.9 Å². The maximum Gasteiger partial charge on any atom is 0.260 e. The van der Waals surface area contributed by atoms with E-state index in [1.165, 1.54) is 45.8 Å². The average molecular weight is 589 g/mol. The van der Waals surface area contributed by atoms with Gasteiger partial charge in [0, 0.05) is 31.9 Å². The third-order valence-electron chi connectivity index (χ3n) is 6.96. The highest BCUT2D eigenvalue weighted by Crippen LogP contribution is 2.30. The van der Waals surface area contributed by atoms with E-state index in [1.807, 2.05) is 36.4 Å². The van der Waals surface area contributed by atoms with Gasteiger partial charge in [-0.05, 0) is 59.7 Å². The molecule has 0 bridgehead atoms. The molecule has 0 saturated carbocycles. The van der Waals surface area contributed by atoms with Gasteiger partial charge in [0.2, 0.25) is 10.0 Å². The van der Waals surface area contributed by atoms with Gasteiger partial charge in [-0.2, -0.15) is 4.31 Å². The van der Waals surface area contributed by atoms with Crippen LogP contribution in [0, 0.1) is 5.82 Å². The molecule has 41 heavy (non-hydrogen) atoms. The van der Waals surface area contributed by atoms with Gasteiger partial charge in [-0.3, -0.25) is 15.0 Å². The summed E-state index contributed by atoms with van der Waals surface area (Å²) in [6, 6.07) is 32.3. The molecule has 1 aliphatic heterocycles. The molecule has 1 heterocycles. The monoisotopic (exact) mass is 588 g/mol. The van der Waals surface area contributed by atoms with Crippen molar-refractivity contribution in [2.45, 2.75) is 10.9 Å². The van der Waals surface area contributed by atoms with Crippen LogP contribution in [0.5, 0.6) is 0 Å². The van der Waals surface area contributed by atoms with Crippen molar-refractivity contribution in [1.82, 2.24) is 14.5 Å². The van der Waals surface area contributed by atoms with E-state index in [2.05, 4.69) is 39.8 Å². The molecule has 1 aliphatic rings. The fraction of sp³-hybridized carbons (Fsp3) is 0.161. The van der Waals surface area contributed by atoms with Gasteiger partial charge in [0.25, 0.3) is 5.91 Å². The van der Waals surface area contributed by atoms with Gasteiger partial charge >= 0.3 is 0 Å². The summed E-state index contributed by atoms with van der Waals surface area (Å²) in [7, 11) is -3.71. The fourth-order valence-corrected chi connectivity index (χ4v) is 6.56. The van der Waals surface area contributed by atoms with E-state index in [9.17, 15) is 17.6 Å².